The molecule has 4 aromatic carbocycles. The minimum absolute atomic E-state index is 0.113. The average Bonchev–Trinajstić information content (AvgIpc) is 2.99. The molecule has 4 aromatic rings. The van der Waals surface area contributed by atoms with Crippen molar-refractivity contribution in [2.24, 2.45) is 0 Å². The quantitative estimate of drug-likeness (QED) is 0.163. The molecule has 0 aliphatic rings. The third-order valence-corrected chi connectivity index (χ3v) is 6.34. The van der Waals surface area contributed by atoms with Crippen molar-refractivity contribution in [1.82, 2.24) is 0 Å². The van der Waals surface area contributed by atoms with E-state index < -0.39 is 0 Å². The molecule has 204 valence electrons. The van der Waals surface area contributed by atoms with Gasteiger partial charge in [-0.25, -0.2) is 0 Å². The van der Waals surface area contributed by atoms with Crippen LogP contribution in [-0.2, 0) is 11.2 Å². The Morgan fingerprint density at radius 2 is 1.43 bits per heavy atom. The highest BCUT2D eigenvalue weighted by Crippen LogP contribution is 2.35. The second kappa shape index (κ2) is 13.2. The number of rotatable bonds is 12. The molecule has 7 heteroatoms. The number of nitrogens with one attached hydrogen (secondary N) is 1. The summed E-state index contributed by atoms with van der Waals surface area (Å²) in [4.78, 5) is 25.6. The number of ether oxygens (including phenoxy) is 4. The van der Waals surface area contributed by atoms with Gasteiger partial charge in [0.1, 0.15) is 23.0 Å². The number of hydrogen-bond donors (Lipinski definition) is 1. The van der Waals surface area contributed by atoms with Crippen LogP contribution in [0.1, 0.15) is 21.5 Å². The predicted molar refractivity (Wildman–Crippen MR) is 158 cm³/mol. The van der Waals surface area contributed by atoms with Crippen molar-refractivity contribution < 1.29 is 28.5 Å². The number of benzene rings is 4. The highest BCUT2D eigenvalue weighted by molar-refractivity contribution is 6.06. The Bertz CT molecular complexity index is 1560. The Labute approximate surface area is 233 Å². The molecule has 0 aliphatic carbocycles. The molecule has 0 aromatic heterocycles. The van der Waals surface area contributed by atoms with Crippen LogP contribution in [0.25, 0.3) is 16.8 Å². The van der Waals surface area contributed by atoms with Gasteiger partial charge in [-0.2, -0.15) is 0 Å². The van der Waals surface area contributed by atoms with Crippen LogP contribution in [0.4, 0.5) is 5.69 Å². The molecule has 1 N–H and O–H groups in total. The van der Waals surface area contributed by atoms with Gasteiger partial charge in [0.15, 0.2) is 11.6 Å². The molecule has 0 unspecified atom stereocenters. The number of fused-ring (bicyclic) bond motifs is 1. The maximum Gasteiger partial charge on any atom is 0.187 e. The predicted octanol–water partition coefficient (Wildman–Crippen LogP) is 6.51. The summed E-state index contributed by atoms with van der Waals surface area (Å²) in [7, 11) is 6.21. The zero-order valence-electron chi connectivity index (χ0n) is 22.9. The van der Waals surface area contributed by atoms with Gasteiger partial charge >= 0.3 is 0 Å². The van der Waals surface area contributed by atoms with Crippen LogP contribution in [-0.4, -0.2) is 40.0 Å². The van der Waals surface area contributed by atoms with E-state index >= 15 is 0 Å². The third kappa shape index (κ3) is 6.69. The number of ketones is 2. The van der Waals surface area contributed by atoms with Gasteiger partial charge in [0.2, 0.25) is 0 Å². The molecule has 0 fully saturated rings. The Morgan fingerprint density at radius 3 is 2.10 bits per heavy atom. The summed E-state index contributed by atoms with van der Waals surface area (Å²) < 4.78 is 21.6. The number of hydrogen-bond acceptors (Lipinski definition) is 7. The Balaban J connectivity index is 1.46. The van der Waals surface area contributed by atoms with E-state index in [0.717, 1.165) is 16.3 Å². The largest absolute Gasteiger partial charge is 0.496 e. The minimum Gasteiger partial charge on any atom is -0.496 e. The molecule has 0 saturated carbocycles. The Hall–Kier alpha value is -5.04. The van der Waals surface area contributed by atoms with Crippen molar-refractivity contribution in [2.75, 3.05) is 33.8 Å². The average molecular weight is 538 g/mol. The van der Waals surface area contributed by atoms with E-state index in [0.29, 0.717) is 39.8 Å². The third-order valence-electron chi connectivity index (χ3n) is 6.34. The van der Waals surface area contributed by atoms with E-state index in [1.807, 2.05) is 54.6 Å². The van der Waals surface area contributed by atoms with Gasteiger partial charge in [-0.1, -0.05) is 42.5 Å². The molecule has 4 rings (SSSR count). The number of methoxy groups -OCH3 is 4. The maximum absolute atomic E-state index is 12.8. The molecule has 0 radical (unpaired) electrons. The molecule has 0 atom stereocenters. The second-order valence-electron chi connectivity index (χ2n) is 8.86. The van der Waals surface area contributed by atoms with Gasteiger partial charge < -0.3 is 24.3 Å². The number of carbonyl (C=O) groups is 2. The van der Waals surface area contributed by atoms with Gasteiger partial charge in [-0.3, -0.25) is 9.59 Å². The van der Waals surface area contributed by atoms with Gasteiger partial charge in [0.25, 0.3) is 0 Å². The summed E-state index contributed by atoms with van der Waals surface area (Å²) in [6.45, 7) is 0. The van der Waals surface area contributed by atoms with Crippen molar-refractivity contribution in [2.45, 2.75) is 6.42 Å². The minimum atomic E-state index is -0.127. The van der Waals surface area contributed by atoms with Crippen LogP contribution < -0.4 is 24.3 Å². The Kier molecular flexibility index (Phi) is 9.20. The summed E-state index contributed by atoms with van der Waals surface area (Å²) in [5.74, 6) is 1.99. The monoisotopic (exact) mass is 537 g/mol. The van der Waals surface area contributed by atoms with Crippen molar-refractivity contribution in [3.05, 3.63) is 108 Å². The van der Waals surface area contributed by atoms with Gasteiger partial charge in [-0.05, 0) is 46.7 Å². The highest BCUT2D eigenvalue weighted by Gasteiger charge is 2.12. The second-order valence-corrected chi connectivity index (χ2v) is 8.86. The summed E-state index contributed by atoms with van der Waals surface area (Å²) in [5, 5.41) is 5.20. The fraction of sp³-hybridized carbons (Fsp3) is 0.152. The summed E-state index contributed by atoms with van der Waals surface area (Å²) in [6, 6.07) is 22.4. The fourth-order valence-corrected chi connectivity index (χ4v) is 4.26. The van der Waals surface area contributed by atoms with Gasteiger partial charge in [0, 0.05) is 36.4 Å². The van der Waals surface area contributed by atoms with E-state index in [4.69, 9.17) is 18.9 Å². The van der Waals surface area contributed by atoms with E-state index in [2.05, 4.69) is 5.32 Å². The zero-order valence-corrected chi connectivity index (χ0v) is 22.9. The molecule has 7 nitrogen and oxygen atoms in total. The molecular formula is C33H31NO6. The van der Waals surface area contributed by atoms with Crippen molar-refractivity contribution in [3.8, 4) is 23.0 Å². The lowest BCUT2D eigenvalue weighted by atomic mass is 10.0. The van der Waals surface area contributed by atoms with Crippen molar-refractivity contribution >= 4 is 34.1 Å². The number of anilines is 1. The first-order valence-electron chi connectivity index (χ1n) is 12.6. The lowest BCUT2D eigenvalue weighted by Gasteiger charge is -2.12. The normalized spacial score (nSPS) is 11.1. The summed E-state index contributed by atoms with van der Waals surface area (Å²) >= 11 is 0. The van der Waals surface area contributed by atoms with Crippen molar-refractivity contribution in [1.29, 1.82) is 0 Å². The molecule has 0 aliphatic heterocycles. The van der Waals surface area contributed by atoms with E-state index in [-0.39, 0.29) is 18.0 Å². The first kappa shape index (κ1) is 28.0. The standard InChI is InChI=1S/C33H31NO6/c1-37-27-20-32(39-3)28(33(21-27)40-4)13-12-26(35)17-22-9-14-31(38-2)29(18-22)34-16-15-30(36)25-11-10-23-7-5-6-8-24(23)19-25/h5-16,18-21,34H,17H2,1-4H3/b13-12+,16-15-. The van der Waals surface area contributed by atoms with Crippen molar-refractivity contribution in [3.63, 3.8) is 0 Å². The van der Waals surface area contributed by atoms with Crippen LogP contribution in [0, 0.1) is 0 Å². The maximum atomic E-state index is 12.8. The number of allylic oxidation sites excluding steroid dienone is 2. The topological polar surface area (TPSA) is 83.1 Å². The molecule has 40 heavy (non-hydrogen) atoms. The number of carbonyl (C=O) groups excluding carboxylic acids is 2. The van der Waals surface area contributed by atoms with E-state index in [9.17, 15) is 9.59 Å². The first-order valence-corrected chi connectivity index (χ1v) is 12.6. The molecule has 0 bridgehead atoms. The summed E-state index contributed by atoms with van der Waals surface area (Å²) in [5.41, 5.74) is 2.65. The molecular weight excluding hydrogens is 506 g/mol. The molecule has 0 spiro atoms. The first-order chi connectivity index (χ1) is 19.4. The van der Waals surface area contributed by atoms with Crippen LogP contribution >= 0.6 is 0 Å². The summed E-state index contributed by atoms with van der Waals surface area (Å²) in [6.07, 6.45) is 6.37. The smallest absolute Gasteiger partial charge is 0.187 e. The molecule has 0 saturated heterocycles. The fourth-order valence-electron chi connectivity index (χ4n) is 4.26. The van der Waals surface area contributed by atoms with E-state index in [1.165, 1.54) is 12.2 Å². The van der Waals surface area contributed by atoms with Crippen LogP contribution in [0.5, 0.6) is 23.0 Å². The Morgan fingerprint density at radius 1 is 0.725 bits per heavy atom. The SMILES string of the molecule is COc1cc(OC)c(/C=C/C(=O)Cc2ccc(OC)c(N/C=C\C(=O)c3ccc4ccccc4c3)c2)c(OC)c1. The van der Waals surface area contributed by atoms with Gasteiger partial charge in [0.05, 0.1) is 39.7 Å². The van der Waals surface area contributed by atoms with Crippen LogP contribution in [0.15, 0.2) is 91.1 Å². The zero-order chi connectivity index (χ0) is 28.5. The molecule has 0 heterocycles. The van der Waals surface area contributed by atoms with Crippen LogP contribution in [0.2, 0.25) is 0 Å². The lowest BCUT2D eigenvalue weighted by Crippen LogP contribution is -2.02. The molecule has 0 amide bonds. The van der Waals surface area contributed by atoms with Crippen LogP contribution in [0.3, 0.4) is 0 Å². The lowest BCUT2D eigenvalue weighted by molar-refractivity contribution is -0.113. The highest BCUT2D eigenvalue weighted by atomic mass is 16.5. The van der Waals surface area contributed by atoms with E-state index in [1.54, 1.807) is 58.9 Å². The van der Waals surface area contributed by atoms with Gasteiger partial charge in [-0.15, -0.1) is 0 Å².